The van der Waals surface area contributed by atoms with Crippen LogP contribution in [0.4, 0.5) is 11.4 Å². The molecule has 0 saturated carbocycles. The van der Waals surface area contributed by atoms with Gasteiger partial charge in [0, 0.05) is 12.4 Å². The molecule has 3 aromatic rings. The molecule has 134 valence electrons. The Kier molecular flexibility index (Phi) is 4.59. The molecular weight excluding hydrogens is 360 g/mol. The lowest BCUT2D eigenvalue weighted by atomic mass is 10.3. The molecule has 0 radical (unpaired) electrons. The first-order valence-corrected chi connectivity index (χ1v) is 8.85. The van der Waals surface area contributed by atoms with Crippen molar-refractivity contribution in [2.45, 2.75) is 4.90 Å². The normalized spacial score (nSPS) is 11.1. The van der Waals surface area contributed by atoms with Crippen molar-refractivity contribution in [2.24, 2.45) is 0 Å². The molecule has 0 atom stereocenters. The van der Waals surface area contributed by atoms with E-state index in [-0.39, 0.29) is 11.4 Å². The Hall–Kier alpha value is -3.40. The number of sulfonamides is 1. The number of ether oxygens (including phenoxy) is 1. The number of rotatable bonds is 6. The summed E-state index contributed by atoms with van der Waals surface area (Å²) < 4.78 is 34.3. The number of nitro benzene ring substituents is 1. The van der Waals surface area contributed by atoms with Crippen LogP contribution in [0, 0.1) is 10.1 Å². The summed E-state index contributed by atoms with van der Waals surface area (Å²) in [5.41, 5.74) is 0.145. The van der Waals surface area contributed by atoms with Crippen LogP contribution >= 0.6 is 0 Å². The molecule has 1 N–H and O–H groups in total. The monoisotopic (exact) mass is 374 g/mol. The van der Waals surface area contributed by atoms with Crippen molar-refractivity contribution in [2.75, 3.05) is 11.8 Å². The van der Waals surface area contributed by atoms with Gasteiger partial charge in [-0.05, 0) is 30.3 Å². The number of aromatic nitrogens is 2. The number of methoxy groups -OCH3 is 1. The van der Waals surface area contributed by atoms with Crippen LogP contribution < -0.4 is 9.46 Å². The smallest absolute Gasteiger partial charge is 0.293 e. The summed E-state index contributed by atoms with van der Waals surface area (Å²) in [5.74, 6) is 0.188. The van der Waals surface area contributed by atoms with Gasteiger partial charge in [0.2, 0.25) is 0 Å². The van der Waals surface area contributed by atoms with Crippen LogP contribution in [-0.2, 0) is 10.0 Å². The molecule has 0 amide bonds. The zero-order valence-corrected chi connectivity index (χ0v) is 14.4. The van der Waals surface area contributed by atoms with Gasteiger partial charge in [-0.1, -0.05) is 12.1 Å². The van der Waals surface area contributed by atoms with Gasteiger partial charge in [-0.3, -0.25) is 14.8 Å². The van der Waals surface area contributed by atoms with Crippen molar-refractivity contribution in [1.29, 1.82) is 0 Å². The number of nitrogens with one attached hydrogen (secondary N) is 1. The zero-order chi connectivity index (χ0) is 18.7. The number of nitro groups is 1. The minimum absolute atomic E-state index is 0.188. The van der Waals surface area contributed by atoms with E-state index in [0.29, 0.717) is 5.69 Å². The Bertz CT molecular complexity index is 1050. The Morgan fingerprint density at radius 1 is 1.19 bits per heavy atom. The maximum atomic E-state index is 12.8. The second-order valence-electron chi connectivity index (χ2n) is 5.16. The van der Waals surface area contributed by atoms with E-state index in [9.17, 15) is 18.5 Å². The predicted octanol–water partition coefficient (Wildman–Crippen LogP) is 2.59. The van der Waals surface area contributed by atoms with Crippen LogP contribution in [0.5, 0.6) is 5.75 Å². The number of benzene rings is 2. The van der Waals surface area contributed by atoms with E-state index >= 15 is 0 Å². The maximum Gasteiger partial charge on any atom is 0.293 e. The van der Waals surface area contributed by atoms with E-state index in [2.05, 4.69) is 9.82 Å². The van der Waals surface area contributed by atoms with Gasteiger partial charge < -0.3 is 4.74 Å². The highest BCUT2D eigenvalue weighted by molar-refractivity contribution is 7.92. The van der Waals surface area contributed by atoms with Gasteiger partial charge in [0.05, 0.1) is 29.5 Å². The molecule has 0 saturated heterocycles. The first-order valence-electron chi connectivity index (χ1n) is 7.36. The van der Waals surface area contributed by atoms with Gasteiger partial charge in [-0.2, -0.15) is 5.10 Å². The van der Waals surface area contributed by atoms with Gasteiger partial charge in [-0.25, -0.2) is 13.1 Å². The zero-order valence-electron chi connectivity index (χ0n) is 13.6. The lowest BCUT2D eigenvalue weighted by Gasteiger charge is -2.13. The van der Waals surface area contributed by atoms with Gasteiger partial charge in [0.15, 0.2) is 4.90 Å². The summed E-state index contributed by atoms with van der Waals surface area (Å²) >= 11 is 0. The van der Waals surface area contributed by atoms with Gasteiger partial charge in [-0.15, -0.1) is 0 Å². The van der Waals surface area contributed by atoms with Crippen LogP contribution in [0.2, 0.25) is 0 Å². The third-order valence-corrected chi connectivity index (χ3v) is 4.96. The molecule has 0 fully saturated rings. The van der Waals surface area contributed by atoms with Crippen LogP contribution in [0.1, 0.15) is 0 Å². The van der Waals surface area contributed by atoms with E-state index in [1.165, 1.54) is 17.9 Å². The van der Waals surface area contributed by atoms with E-state index in [0.717, 1.165) is 12.1 Å². The minimum Gasteiger partial charge on any atom is -0.497 e. The molecular formula is C16H14N4O5S. The summed E-state index contributed by atoms with van der Waals surface area (Å²) in [4.78, 5) is 10.1. The average Bonchev–Trinajstić information content (AvgIpc) is 3.15. The molecule has 3 rings (SSSR count). The predicted molar refractivity (Wildman–Crippen MR) is 94.0 cm³/mol. The SMILES string of the molecule is COc1ccc(S(=O)(=O)Nc2ccccc2-n2cccn2)c([N+](=O)[O-])c1. The number of nitrogens with zero attached hydrogens (tertiary/aromatic N) is 3. The minimum atomic E-state index is -4.22. The Balaban J connectivity index is 2.05. The van der Waals surface area contributed by atoms with Gasteiger partial charge >= 0.3 is 0 Å². The standard InChI is InChI=1S/C16H14N4O5S/c1-25-12-7-8-16(15(11-12)20(21)22)26(23,24)18-13-5-2-3-6-14(13)19-10-4-9-17-19/h2-11,18H,1H3. The molecule has 0 aliphatic rings. The maximum absolute atomic E-state index is 12.8. The number of hydrogen-bond donors (Lipinski definition) is 1. The highest BCUT2D eigenvalue weighted by Gasteiger charge is 2.27. The summed E-state index contributed by atoms with van der Waals surface area (Å²) in [6.45, 7) is 0. The molecule has 26 heavy (non-hydrogen) atoms. The first kappa shape index (κ1) is 17.4. The molecule has 1 aromatic heterocycles. The highest BCUT2D eigenvalue weighted by atomic mass is 32.2. The molecule has 2 aromatic carbocycles. The van der Waals surface area contributed by atoms with Crippen molar-refractivity contribution < 1.29 is 18.1 Å². The van der Waals surface area contributed by atoms with Crippen LogP contribution in [0.25, 0.3) is 5.69 Å². The van der Waals surface area contributed by atoms with Crippen LogP contribution in [0.3, 0.4) is 0 Å². The lowest BCUT2D eigenvalue weighted by Crippen LogP contribution is -2.16. The van der Waals surface area contributed by atoms with E-state index in [4.69, 9.17) is 4.74 Å². The van der Waals surface area contributed by atoms with Crippen molar-refractivity contribution in [3.63, 3.8) is 0 Å². The van der Waals surface area contributed by atoms with Gasteiger partial charge in [0.25, 0.3) is 15.7 Å². The lowest BCUT2D eigenvalue weighted by molar-refractivity contribution is -0.387. The highest BCUT2D eigenvalue weighted by Crippen LogP contribution is 2.30. The number of hydrogen-bond acceptors (Lipinski definition) is 6. The fourth-order valence-corrected chi connectivity index (χ4v) is 3.59. The quantitative estimate of drug-likeness (QED) is 0.524. The van der Waals surface area contributed by atoms with Gasteiger partial charge in [0.1, 0.15) is 5.75 Å². The van der Waals surface area contributed by atoms with E-state index in [1.807, 2.05) is 0 Å². The van der Waals surface area contributed by atoms with Crippen LogP contribution in [0.15, 0.2) is 65.8 Å². The Labute approximate surface area is 149 Å². The average molecular weight is 374 g/mol. The summed E-state index contributed by atoms with van der Waals surface area (Å²) in [6, 6.07) is 11.8. The second-order valence-corrected chi connectivity index (χ2v) is 6.81. The molecule has 10 heteroatoms. The van der Waals surface area contributed by atoms with E-state index in [1.54, 1.807) is 42.7 Å². The molecule has 1 heterocycles. The van der Waals surface area contributed by atoms with Crippen molar-refractivity contribution in [1.82, 2.24) is 9.78 Å². The summed E-state index contributed by atoms with van der Waals surface area (Å²) in [7, 11) is -2.88. The third-order valence-electron chi connectivity index (χ3n) is 3.55. The van der Waals surface area contributed by atoms with E-state index < -0.39 is 25.5 Å². The third kappa shape index (κ3) is 3.35. The Morgan fingerprint density at radius 2 is 1.96 bits per heavy atom. The molecule has 0 spiro atoms. The number of para-hydroxylation sites is 2. The fourth-order valence-electron chi connectivity index (χ4n) is 2.36. The molecule has 9 nitrogen and oxygen atoms in total. The fraction of sp³-hybridized carbons (Fsp3) is 0.0625. The molecule has 0 aliphatic heterocycles. The largest absolute Gasteiger partial charge is 0.497 e. The second kappa shape index (κ2) is 6.84. The summed E-state index contributed by atoms with van der Waals surface area (Å²) in [6.07, 6.45) is 3.21. The van der Waals surface area contributed by atoms with Crippen molar-refractivity contribution in [3.8, 4) is 11.4 Å². The topological polar surface area (TPSA) is 116 Å². The van der Waals surface area contributed by atoms with Crippen molar-refractivity contribution >= 4 is 21.4 Å². The van der Waals surface area contributed by atoms with Crippen LogP contribution in [-0.4, -0.2) is 30.2 Å². The first-order chi connectivity index (χ1) is 12.4. The Morgan fingerprint density at radius 3 is 2.62 bits per heavy atom. The summed E-state index contributed by atoms with van der Waals surface area (Å²) in [5, 5.41) is 15.4. The molecule has 0 bridgehead atoms. The molecule has 0 aliphatic carbocycles. The molecule has 0 unspecified atom stereocenters. The number of anilines is 1. The van der Waals surface area contributed by atoms with Crippen molar-refractivity contribution in [3.05, 3.63) is 71.0 Å².